The van der Waals surface area contributed by atoms with Crippen LogP contribution in [-0.2, 0) is 14.3 Å². The van der Waals surface area contributed by atoms with Crippen LogP contribution in [0.25, 0.3) is 0 Å². The van der Waals surface area contributed by atoms with Gasteiger partial charge in [-0.2, -0.15) is 0 Å². The molecule has 2 aliphatic rings. The van der Waals surface area contributed by atoms with E-state index in [0.29, 0.717) is 25.9 Å². The maximum atomic E-state index is 11.2. The van der Waals surface area contributed by atoms with E-state index in [1.54, 1.807) is 0 Å². The first-order valence-electron chi connectivity index (χ1n) is 10.5. The van der Waals surface area contributed by atoms with Gasteiger partial charge < -0.3 is 24.8 Å². The van der Waals surface area contributed by atoms with Crippen LogP contribution in [0.15, 0.2) is 12.2 Å². The average Bonchev–Trinajstić information content (AvgIpc) is 2.92. The third kappa shape index (κ3) is 7.53. The number of aliphatic hydroxyl groups is 2. The molecule has 2 fully saturated rings. The molecule has 156 valence electrons. The number of aliphatic hydroxyl groups excluding tert-OH is 2. The molecular formula is C21H36O6. The van der Waals surface area contributed by atoms with Crippen LogP contribution < -0.4 is 0 Å². The fraction of sp³-hybridized carbons (Fsp3) is 0.857. The van der Waals surface area contributed by atoms with Gasteiger partial charge in [-0.25, -0.2) is 0 Å². The van der Waals surface area contributed by atoms with Crippen molar-refractivity contribution in [1.29, 1.82) is 0 Å². The van der Waals surface area contributed by atoms with Crippen molar-refractivity contribution in [3.05, 3.63) is 12.2 Å². The lowest BCUT2D eigenvalue weighted by Gasteiger charge is -2.30. The Morgan fingerprint density at radius 3 is 2.81 bits per heavy atom. The Hall–Kier alpha value is -0.950. The standard InChI is InChI=1S/C21H36O6/c1-2-3-4-5-8-15(22)10-11-16-17(13-20(24)25)18(23)14-19(16)27-21-9-6-7-12-26-21/h5,8,15-19,21-23H,2-4,6-7,9-14H2,1H3,(H,24,25)/t15?,16-,17-,18+,19-,21?/m1/s1. The highest BCUT2D eigenvalue weighted by Gasteiger charge is 2.44. The second-order valence-electron chi connectivity index (χ2n) is 7.91. The van der Waals surface area contributed by atoms with Gasteiger partial charge in [-0.3, -0.25) is 4.79 Å². The van der Waals surface area contributed by atoms with Crippen molar-refractivity contribution in [2.45, 2.75) is 95.7 Å². The van der Waals surface area contributed by atoms with Crippen molar-refractivity contribution in [2.75, 3.05) is 6.61 Å². The minimum Gasteiger partial charge on any atom is -0.481 e. The molecule has 0 amide bonds. The highest BCUT2D eigenvalue weighted by molar-refractivity contribution is 5.67. The second kappa shape index (κ2) is 11.8. The molecular weight excluding hydrogens is 348 g/mol. The number of ether oxygens (including phenoxy) is 2. The SMILES string of the molecule is CCCCC=CC(O)CC[C@@H]1[C@@H](CC(=O)O)[C@@H](O)C[C@H]1OC1CCCCO1. The normalized spacial score (nSPS) is 32.8. The summed E-state index contributed by atoms with van der Waals surface area (Å²) >= 11 is 0. The van der Waals surface area contributed by atoms with E-state index < -0.39 is 18.2 Å². The van der Waals surface area contributed by atoms with E-state index in [-0.39, 0.29) is 30.7 Å². The van der Waals surface area contributed by atoms with E-state index in [2.05, 4.69) is 6.92 Å². The van der Waals surface area contributed by atoms with Crippen LogP contribution in [0.4, 0.5) is 0 Å². The monoisotopic (exact) mass is 384 g/mol. The number of hydrogen-bond donors (Lipinski definition) is 3. The van der Waals surface area contributed by atoms with Crippen LogP contribution in [0.5, 0.6) is 0 Å². The largest absolute Gasteiger partial charge is 0.481 e. The number of carbonyl (C=O) groups is 1. The van der Waals surface area contributed by atoms with Crippen LogP contribution >= 0.6 is 0 Å². The highest BCUT2D eigenvalue weighted by atomic mass is 16.7. The number of rotatable bonds is 11. The number of aliphatic carboxylic acids is 1. The Kier molecular flexibility index (Phi) is 9.76. The summed E-state index contributed by atoms with van der Waals surface area (Å²) < 4.78 is 11.8. The van der Waals surface area contributed by atoms with Crippen molar-refractivity contribution >= 4 is 5.97 Å². The molecule has 0 aromatic rings. The molecule has 0 spiro atoms. The van der Waals surface area contributed by atoms with E-state index in [0.717, 1.165) is 38.5 Å². The summed E-state index contributed by atoms with van der Waals surface area (Å²) in [5.74, 6) is -1.33. The van der Waals surface area contributed by atoms with Crippen molar-refractivity contribution in [2.24, 2.45) is 11.8 Å². The lowest BCUT2D eigenvalue weighted by molar-refractivity contribution is -0.196. The molecule has 3 N–H and O–H groups in total. The van der Waals surface area contributed by atoms with Gasteiger partial charge >= 0.3 is 5.97 Å². The molecule has 1 saturated carbocycles. The third-order valence-electron chi connectivity index (χ3n) is 5.75. The maximum absolute atomic E-state index is 11.2. The van der Waals surface area contributed by atoms with Crippen LogP contribution in [0.1, 0.15) is 71.1 Å². The van der Waals surface area contributed by atoms with Gasteiger partial charge in [0.25, 0.3) is 0 Å². The van der Waals surface area contributed by atoms with Crippen LogP contribution in [0.2, 0.25) is 0 Å². The summed E-state index contributed by atoms with van der Waals surface area (Å²) in [4.78, 5) is 11.2. The number of unbranched alkanes of at least 4 members (excludes halogenated alkanes) is 2. The lowest BCUT2D eigenvalue weighted by Crippen LogP contribution is -2.32. The molecule has 0 bridgehead atoms. The fourth-order valence-electron chi connectivity index (χ4n) is 4.24. The van der Waals surface area contributed by atoms with Crippen molar-refractivity contribution in [3.63, 3.8) is 0 Å². The van der Waals surface area contributed by atoms with E-state index in [1.165, 1.54) is 0 Å². The fourth-order valence-corrected chi connectivity index (χ4v) is 4.24. The minimum absolute atomic E-state index is 0.0698. The van der Waals surface area contributed by atoms with Gasteiger partial charge in [0.2, 0.25) is 0 Å². The van der Waals surface area contributed by atoms with Gasteiger partial charge in [0.15, 0.2) is 6.29 Å². The van der Waals surface area contributed by atoms with Gasteiger partial charge in [-0.1, -0.05) is 31.9 Å². The topological polar surface area (TPSA) is 96.2 Å². The highest BCUT2D eigenvalue weighted by Crippen LogP contribution is 2.41. The molecule has 27 heavy (non-hydrogen) atoms. The lowest BCUT2D eigenvalue weighted by atomic mass is 9.86. The quantitative estimate of drug-likeness (QED) is 0.374. The first kappa shape index (κ1) is 22.3. The molecule has 1 aliphatic carbocycles. The van der Waals surface area contributed by atoms with Gasteiger partial charge in [0.1, 0.15) is 0 Å². The second-order valence-corrected chi connectivity index (χ2v) is 7.91. The van der Waals surface area contributed by atoms with E-state index in [1.807, 2.05) is 12.2 Å². The van der Waals surface area contributed by atoms with Crippen molar-refractivity contribution < 1.29 is 29.6 Å². The zero-order valence-electron chi connectivity index (χ0n) is 16.5. The van der Waals surface area contributed by atoms with E-state index >= 15 is 0 Å². The first-order valence-corrected chi connectivity index (χ1v) is 10.5. The molecule has 0 aromatic heterocycles. The number of carboxylic acid groups (broad SMARTS) is 1. The molecule has 1 saturated heterocycles. The Bertz CT molecular complexity index is 460. The van der Waals surface area contributed by atoms with E-state index in [4.69, 9.17) is 9.47 Å². The summed E-state index contributed by atoms with van der Waals surface area (Å²) in [7, 11) is 0. The summed E-state index contributed by atoms with van der Waals surface area (Å²) in [6.45, 7) is 2.82. The number of allylic oxidation sites excluding steroid dienone is 1. The van der Waals surface area contributed by atoms with Crippen LogP contribution in [-0.4, -0.2) is 52.5 Å². The summed E-state index contributed by atoms with van der Waals surface area (Å²) in [5, 5.41) is 29.9. The van der Waals surface area contributed by atoms with Gasteiger partial charge in [-0.15, -0.1) is 0 Å². The Morgan fingerprint density at radius 2 is 2.15 bits per heavy atom. The Labute approximate surface area is 162 Å². The molecule has 6 heteroatoms. The summed E-state index contributed by atoms with van der Waals surface area (Å²) in [6.07, 6.45) is 9.79. The predicted octanol–water partition coefficient (Wildman–Crippen LogP) is 3.26. The zero-order chi connectivity index (χ0) is 19.6. The molecule has 6 atom stereocenters. The smallest absolute Gasteiger partial charge is 0.303 e. The maximum Gasteiger partial charge on any atom is 0.303 e. The predicted molar refractivity (Wildman–Crippen MR) is 102 cm³/mol. The summed E-state index contributed by atoms with van der Waals surface area (Å²) in [6, 6.07) is 0. The number of carboxylic acids is 1. The van der Waals surface area contributed by atoms with Crippen LogP contribution in [0.3, 0.4) is 0 Å². The summed E-state index contributed by atoms with van der Waals surface area (Å²) in [5.41, 5.74) is 0. The Morgan fingerprint density at radius 1 is 1.33 bits per heavy atom. The van der Waals surface area contributed by atoms with Gasteiger partial charge in [0, 0.05) is 18.9 Å². The molecule has 2 unspecified atom stereocenters. The van der Waals surface area contributed by atoms with E-state index in [9.17, 15) is 20.1 Å². The first-order chi connectivity index (χ1) is 13.0. The average molecular weight is 385 g/mol. The molecule has 6 nitrogen and oxygen atoms in total. The molecule has 0 radical (unpaired) electrons. The van der Waals surface area contributed by atoms with Gasteiger partial charge in [0.05, 0.1) is 24.7 Å². The van der Waals surface area contributed by atoms with Crippen LogP contribution in [0, 0.1) is 11.8 Å². The van der Waals surface area contributed by atoms with Crippen molar-refractivity contribution in [1.82, 2.24) is 0 Å². The molecule has 1 heterocycles. The van der Waals surface area contributed by atoms with Crippen molar-refractivity contribution in [3.8, 4) is 0 Å². The zero-order valence-corrected chi connectivity index (χ0v) is 16.5. The number of hydrogen-bond acceptors (Lipinski definition) is 5. The Balaban J connectivity index is 1.93. The third-order valence-corrected chi connectivity index (χ3v) is 5.75. The molecule has 2 rings (SSSR count). The molecule has 1 aliphatic heterocycles. The molecule has 0 aromatic carbocycles. The van der Waals surface area contributed by atoms with Gasteiger partial charge in [-0.05, 0) is 44.4 Å². The minimum atomic E-state index is -0.904.